The van der Waals surface area contributed by atoms with Crippen molar-refractivity contribution in [2.24, 2.45) is 0 Å². The Hall–Kier alpha value is -4.66. The van der Waals surface area contributed by atoms with E-state index in [4.69, 9.17) is 0 Å². The van der Waals surface area contributed by atoms with Crippen LogP contribution in [0.1, 0.15) is 0 Å². The molecule has 2 aliphatic rings. The molecule has 7 rings (SSSR count). The summed E-state index contributed by atoms with van der Waals surface area (Å²) in [5.41, 5.74) is 4.46. The molecular formula is C32H22N4O2S2. The van der Waals surface area contributed by atoms with Gasteiger partial charge in [0, 0.05) is 31.0 Å². The molecule has 8 heteroatoms. The van der Waals surface area contributed by atoms with Gasteiger partial charge in [0.1, 0.15) is 0 Å². The summed E-state index contributed by atoms with van der Waals surface area (Å²) in [7, 11) is 0. The highest BCUT2D eigenvalue weighted by atomic mass is 32.2. The molecule has 0 radical (unpaired) electrons. The normalized spacial score (nSPS) is 12.9. The van der Waals surface area contributed by atoms with Crippen LogP contribution in [0.2, 0.25) is 0 Å². The first kappa shape index (κ1) is 24.4. The lowest BCUT2D eigenvalue weighted by atomic mass is 10.2. The van der Waals surface area contributed by atoms with E-state index in [2.05, 4.69) is 10.6 Å². The number of hydrogen-bond acceptors (Lipinski definition) is 4. The van der Waals surface area contributed by atoms with Crippen molar-refractivity contribution in [1.29, 1.82) is 0 Å². The van der Waals surface area contributed by atoms with Gasteiger partial charge in [-0.25, -0.2) is 9.59 Å². The van der Waals surface area contributed by atoms with Crippen LogP contribution in [-0.2, 0) is 0 Å². The molecule has 0 saturated heterocycles. The zero-order valence-corrected chi connectivity index (χ0v) is 22.7. The summed E-state index contributed by atoms with van der Waals surface area (Å²) in [5.74, 6) is 0. The number of rotatable bonds is 2. The lowest BCUT2D eigenvalue weighted by Gasteiger charge is -2.31. The molecule has 6 nitrogen and oxygen atoms in total. The summed E-state index contributed by atoms with van der Waals surface area (Å²) >= 11 is 3.30. The third-order valence-corrected chi connectivity index (χ3v) is 8.90. The Kier molecular flexibility index (Phi) is 6.18. The molecule has 0 aliphatic carbocycles. The second kappa shape index (κ2) is 10.1. The van der Waals surface area contributed by atoms with Gasteiger partial charge in [0.25, 0.3) is 0 Å². The fourth-order valence-corrected chi connectivity index (χ4v) is 7.00. The Bertz CT molecular complexity index is 1570. The van der Waals surface area contributed by atoms with Crippen molar-refractivity contribution < 1.29 is 9.59 Å². The van der Waals surface area contributed by atoms with Gasteiger partial charge in [-0.05, 0) is 66.7 Å². The molecular weight excluding hydrogens is 537 g/mol. The van der Waals surface area contributed by atoms with E-state index in [-0.39, 0.29) is 12.1 Å². The summed E-state index contributed by atoms with van der Waals surface area (Å²) in [4.78, 5) is 34.8. The van der Waals surface area contributed by atoms with Gasteiger partial charge < -0.3 is 10.6 Å². The summed E-state index contributed by atoms with van der Waals surface area (Å²) < 4.78 is 0. The number of anilines is 6. The minimum atomic E-state index is -0.278. The van der Waals surface area contributed by atoms with Crippen LogP contribution >= 0.6 is 23.5 Å². The molecule has 0 atom stereocenters. The van der Waals surface area contributed by atoms with Crippen LogP contribution in [0.15, 0.2) is 141 Å². The second-order valence-electron chi connectivity index (χ2n) is 9.19. The van der Waals surface area contributed by atoms with Crippen LogP contribution in [-0.4, -0.2) is 12.1 Å². The summed E-state index contributed by atoms with van der Waals surface area (Å²) in [6.07, 6.45) is 0. The van der Waals surface area contributed by atoms with Crippen molar-refractivity contribution in [3.8, 4) is 0 Å². The molecule has 2 N–H and O–H groups in total. The predicted molar refractivity (Wildman–Crippen MR) is 163 cm³/mol. The number of para-hydroxylation sites is 4. The predicted octanol–water partition coefficient (Wildman–Crippen LogP) is 9.36. The first-order valence-electron chi connectivity index (χ1n) is 12.7. The Morgan fingerprint density at radius 3 is 1.12 bits per heavy atom. The second-order valence-corrected chi connectivity index (χ2v) is 11.4. The van der Waals surface area contributed by atoms with Crippen molar-refractivity contribution in [3.05, 3.63) is 121 Å². The van der Waals surface area contributed by atoms with Crippen molar-refractivity contribution in [2.45, 2.75) is 19.6 Å². The van der Waals surface area contributed by atoms with Crippen LogP contribution in [0.25, 0.3) is 0 Å². The first-order chi connectivity index (χ1) is 19.7. The number of benzene rings is 5. The van der Waals surface area contributed by atoms with E-state index >= 15 is 0 Å². The lowest BCUT2D eigenvalue weighted by molar-refractivity contribution is 0.258. The highest BCUT2D eigenvalue weighted by Crippen LogP contribution is 2.49. The Morgan fingerprint density at radius 2 is 0.775 bits per heavy atom. The molecule has 4 amide bonds. The van der Waals surface area contributed by atoms with Crippen LogP contribution < -0.4 is 20.4 Å². The first-order valence-corrected chi connectivity index (χ1v) is 14.3. The summed E-state index contributed by atoms with van der Waals surface area (Å²) in [6, 6.07) is 38.1. The van der Waals surface area contributed by atoms with E-state index in [1.807, 2.05) is 115 Å². The number of fused-ring (bicyclic) bond motifs is 4. The lowest BCUT2D eigenvalue weighted by Crippen LogP contribution is -2.33. The number of urea groups is 2. The number of carbonyl (C=O) groups is 2. The van der Waals surface area contributed by atoms with Gasteiger partial charge in [-0.3, -0.25) is 9.80 Å². The maximum Gasteiger partial charge on any atom is 0.331 e. The number of carbonyl (C=O) groups excluding carboxylic acids is 2. The van der Waals surface area contributed by atoms with Gasteiger partial charge >= 0.3 is 12.1 Å². The molecule has 5 aromatic rings. The Balaban J connectivity index is 1.15. The molecule has 0 aromatic heterocycles. The molecule has 0 fully saturated rings. The number of hydrogen-bond donors (Lipinski definition) is 2. The Morgan fingerprint density at radius 1 is 0.450 bits per heavy atom. The zero-order chi connectivity index (χ0) is 27.1. The van der Waals surface area contributed by atoms with E-state index in [9.17, 15) is 9.59 Å². The van der Waals surface area contributed by atoms with Gasteiger partial charge in [-0.15, -0.1) is 0 Å². The summed E-state index contributed by atoms with van der Waals surface area (Å²) in [5, 5.41) is 6.05. The number of nitrogens with zero attached hydrogens (tertiary/aromatic N) is 2. The van der Waals surface area contributed by atoms with E-state index in [1.54, 1.807) is 39.4 Å². The molecule has 2 heterocycles. The SMILES string of the molecule is O=C(Nc1cccc(NC(=O)N2c3ccccc3Sc3ccccc32)c1)N1c2ccccc2Sc2ccccc21. The van der Waals surface area contributed by atoms with E-state index in [1.165, 1.54) is 0 Å². The standard InChI is InChI=1S/C32H22N4O2S2/c37-31(35-23-12-1-5-16-27(23)39-28-17-6-2-13-24(28)35)33-21-10-9-11-22(20-21)34-32(38)36-25-14-3-7-18-29(25)40-30-19-8-4-15-26(30)36/h1-20H,(H,33,37)(H,34,38). The molecule has 0 saturated carbocycles. The van der Waals surface area contributed by atoms with E-state index in [0.29, 0.717) is 11.4 Å². The number of nitrogens with one attached hydrogen (secondary N) is 2. The van der Waals surface area contributed by atoms with Crippen LogP contribution in [0.5, 0.6) is 0 Å². The minimum Gasteiger partial charge on any atom is -0.307 e. The van der Waals surface area contributed by atoms with E-state index < -0.39 is 0 Å². The highest BCUT2D eigenvalue weighted by Gasteiger charge is 2.29. The van der Waals surface area contributed by atoms with E-state index in [0.717, 1.165) is 42.3 Å². The van der Waals surface area contributed by atoms with Crippen LogP contribution in [0.3, 0.4) is 0 Å². The fourth-order valence-electron chi connectivity index (χ4n) is 4.88. The number of amides is 4. The van der Waals surface area contributed by atoms with Crippen molar-refractivity contribution in [1.82, 2.24) is 0 Å². The molecule has 194 valence electrons. The summed E-state index contributed by atoms with van der Waals surface area (Å²) in [6.45, 7) is 0. The third kappa shape index (κ3) is 4.37. The average Bonchev–Trinajstić information content (AvgIpc) is 2.98. The smallest absolute Gasteiger partial charge is 0.307 e. The highest BCUT2D eigenvalue weighted by molar-refractivity contribution is 8.00. The average molecular weight is 559 g/mol. The van der Waals surface area contributed by atoms with Gasteiger partial charge in [-0.2, -0.15) is 0 Å². The molecule has 0 spiro atoms. The van der Waals surface area contributed by atoms with Gasteiger partial charge in [-0.1, -0.05) is 78.1 Å². The van der Waals surface area contributed by atoms with Gasteiger partial charge in [0.2, 0.25) is 0 Å². The van der Waals surface area contributed by atoms with Crippen molar-refractivity contribution in [3.63, 3.8) is 0 Å². The molecule has 0 unspecified atom stereocenters. The monoisotopic (exact) mass is 558 g/mol. The van der Waals surface area contributed by atoms with Crippen molar-refractivity contribution in [2.75, 3.05) is 20.4 Å². The molecule has 40 heavy (non-hydrogen) atoms. The maximum absolute atomic E-state index is 13.7. The maximum atomic E-state index is 13.7. The zero-order valence-electron chi connectivity index (χ0n) is 21.1. The van der Waals surface area contributed by atoms with Gasteiger partial charge in [0.15, 0.2) is 0 Å². The van der Waals surface area contributed by atoms with Crippen LogP contribution in [0.4, 0.5) is 43.7 Å². The Labute approximate surface area is 240 Å². The third-order valence-electron chi connectivity index (χ3n) is 6.64. The quantitative estimate of drug-likeness (QED) is 0.227. The fraction of sp³-hybridized carbons (Fsp3) is 0. The van der Waals surface area contributed by atoms with Gasteiger partial charge in [0.05, 0.1) is 22.7 Å². The van der Waals surface area contributed by atoms with Crippen molar-refractivity contribution >= 4 is 69.7 Å². The minimum absolute atomic E-state index is 0.278. The molecule has 0 bridgehead atoms. The molecule has 2 aliphatic heterocycles. The van der Waals surface area contributed by atoms with Crippen LogP contribution in [0, 0.1) is 0 Å². The largest absolute Gasteiger partial charge is 0.331 e. The topological polar surface area (TPSA) is 64.7 Å². The molecule has 5 aromatic carbocycles.